The van der Waals surface area contributed by atoms with Crippen molar-refractivity contribution in [1.29, 1.82) is 0 Å². The van der Waals surface area contributed by atoms with Gasteiger partial charge in [0.1, 0.15) is 23.9 Å². The number of ether oxygens (including phenoxy) is 3. The van der Waals surface area contributed by atoms with Gasteiger partial charge in [0.05, 0.1) is 14.2 Å². The first-order valence-corrected chi connectivity index (χ1v) is 12.7. The highest BCUT2D eigenvalue weighted by molar-refractivity contribution is 7.14. The number of hydrogen-bond donors (Lipinski definition) is 1. The average molecular weight is 493 g/mol. The van der Waals surface area contributed by atoms with E-state index in [1.54, 1.807) is 25.6 Å². The van der Waals surface area contributed by atoms with Crippen LogP contribution in [-0.2, 0) is 17.8 Å². The highest BCUT2D eigenvalue weighted by Gasteiger charge is 2.32. The molecule has 0 fully saturated rings. The van der Waals surface area contributed by atoms with Crippen molar-refractivity contribution in [3.05, 3.63) is 70.6 Å². The lowest BCUT2D eigenvalue weighted by molar-refractivity contribution is -0.136. The SMILES string of the molecule is COc1cc(OC)cc(-c2scc(COc3cccc(CCC(=O)O)c3)c2C2=CCCC2(C)C)c1. The molecule has 4 rings (SSSR count). The molecule has 0 amide bonds. The number of aryl methyl sites for hydroxylation is 1. The third-order valence-electron chi connectivity index (χ3n) is 6.52. The molecule has 1 aliphatic rings. The lowest BCUT2D eigenvalue weighted by Crippen LogP contribution is -2.11. The second kappa shape index (κ2) is 10.6. The Hall–Kier alpha value is -3.25. The summed E-state index contributed by atoms with van der Waals surface area (Å²) in [5.74, 6) is 1.46. The summed E-state index contributed by atoms with van der Waals surface area (Å²) in [5.41, 5.74) is 5.82. The van der Waals surface area contributed by atoms with Crippen molar-refractivity contribution in [2.24, 2.45) is 5.41 Å². The van der Waals surface area contributed by atoms with Gasteiger partial charge >= 0.3 is 5.97 Å². The lowest BCUT2D eigenvalue weighted by Gasteiger charge is -2.24. The van der Waals surface area contributed by atoms with E-state index >= 15 is 0 Å². The van der Waals surface area contributed by atoms with E-state index in [1.807, 2.05) is 30.3 Å². The maximum Gasteiger partial charge on any atom is 0.303 e. The van der Waals surface area contributed by atoms with Crippen LogP contribution in [0.3, 0.4) is 0 Å². The summed E-state index contributed by atoms with van der Waals surface area (Å²) in [4.78, 5) is 12.1. The van der Waals surface area contributed by atoms with Crippen LogP contribution in [0.25, 0.3) is 16.0 Å². The van der Waals surface area contributed by atoms with E-state index in [0.29, 0.717) is 13.0 Å². The van der Waals surface area contributed by atoms with Gasteiger partial charge < -0.3 is 19.3 Å². The zero-order chi connectivity index (χ0) is 25.0. The zero-order valence-corrected chi connectivity index (χ0v) is 21.5. The smallest absolute Gasteiger partial charge is 0.303 e. The van der Waals surface area contributed by atoms with Gasteiger partial charge in [-0.05, 0) is 71.0 Å². The molecule has 1 aliphatic carbocycles. The third kappa shape index (κ3) is 5.70. The van der Waals surface area contributed by atoms with Crippen molar-refractivity contribution in [3.63, 3.8) is 0 Å². The molecule has 0 radical (unpaired) electrons. The first-order valence-electron chi connectivity index (χ1n) is 11.8. The number of carboxylic acid groups (broad SMARTS) is 1. The normalized spacial score (nSPS) is 14.5. The van der Waals surface area contributed by atoms with Crippen LogP contribution < -0.4 is 14.2 Å². The van der Waals surface area contributed by atoms with Crippen LogP contribution in [-0.4, -0.2) is 25.3 Å². The quantitative estimate of drug-likeness (QED) is 0.323. The van der Waals surface area contributed by atoms with Crippen LogP contribution in [0.2, 0.25) is 0 Å². The Balaban J connectivity index is 1.68. The predicted octanol–water partition coefficient (Wildman–Crippen LogP) is 7.23. The van der Waals surface area contributed by atoms with Crippen molar-refractivity contribution in [2.75, 3.05) is 14.2 Å². The van der Waals surface area contributed by atoms with Gasteiger partial charge in [-0.25, -0.2) is 0 Å². The molecule has 5 nitrogen and oxygen atoms in total. The van der Waals surface area contributed by atoms with Crippen LogP contribution in [0.15, 0.2) is 53.9 Å². The Kier molecular flexibility index (Phi) is 7.51. The number of rotatable bonds is 10. The standard InChI is InChI=1S/C29H32O5S/c1-29(2)12-6-9-25(29)27-21(17-34-22-8-5-7-19(13-22)10-11-26(30)31)18-35-28(27)20-14-23(32-3)16-24(15-20)33-4/h5,7-9,13-16,18H,6,10-12,17H2,1-4H3,(H,30,31). The summed E-state index contributed by atoms with van der Waals surface area (Å²) < 4.78 is 17.3. The third-order valence-corrected chi connectivity index (χ3v) is 7.60. The molecule has 0 spiro atoms. The molecule has 1 aromatic heterocycles. The van der Waals surface area contributed by atoms with E-state index in [1.165, 1.54) is 16.0 Å². The molecule has 35 heavy (non-hydrogen) atoms. The van der Waals surface area contributed by atoms with Crippen LogP contribution >= 0.6 is 11.3 Å². The van der Waals surface area contributed by atoms with Crippen molar-refractivity contribution >= 4 is 22.9 Å². The van der Waals surface area contributed by atoms with Gasteiger partial charge in [-0.3, -0.25) is 4.79 Å². The van der Waals surface area contributed by atoms with Crippen molar-refractivity contribution in [3.8, 4) is 27.7 Å². The summed E-state index contributed by atoms with van der Waals surface area (Å²) in [6.07, 6.45) is 5.13. The van der Waals surface area contributed by atoms with Gasteiger partial charge in [0.25, 0.3) is 0 Å². The Bertz CT molecular complexity index is 1220. The molecule has 0 atom stereocenters. The molecule has 6 heteroatoms. The number of carbonyl (C=O) groups is 1. The second-order valence-electron chi connectivity index (χ2n) is 9.44. The maximum atomic E-state index is 10.9. The number of hydrogen-bond acceptors (Lipinski definition) is 5. The summed E-state index contributed by atoms with van der Waals surface area (Å²) >= 11 is 1.71. The van der Waals surface area contributed by atoms with Crippen LogP contribution in [0.4, 0.5) is 0 Å². The number of benzene rings is 2. The first-order chi connectivity index (χ1) is 16.8. The monoisotopic (exact) mass is 492 g/mol. The number of carboxylic acids is 1. The minimum Gasteiger partial charge on any atom is -0.497 e. The minimum atomic E-state index is -0.798. The van der Waals surface area contributed by atoms with Crippen LogP contribution in [0.5, 0.6) is 17.2 Å². The van der Waals surface area contributed by atoms with Gasteiger partial charge in [0.2, 0.25) is 0 Å². The summed E-state index contributed by atoms with van der Waals surface area (Å²) in [6, 6.07) is 13.7. The van der Waals surface area contributed by atoms with Crippen molar-refractivity contribution < 1.29 is 24.1 Å². The predicted molar refractivity (Wildman–Crippen MR) is 141 cm³/mol. The summed E-state index contributed by atoms with van der Waals surface area (Å²) in [5, 5.41) is 11.2. The molecular formula is C29H32O5S. The Morgan fingerprint density at radius 3 is 2.43 bits per heavy atom. The maximum absolute atomic E-state index is 10.9. The fraction of sp³-hybridized carbons (Fsp3) is 0.345. The van der Waals surface area contributed by atoms with E-state index in [9.17, 15) is 4.79 Å². The number of methoxy groups -OCH3 is 2. The molecule has 1 heterocycles. The van der Waals surface area contributed by atoms with Crippen molar-refractivity contribution in [1.82, 2.24) is 0 Å². The van der Waals surface area contributed by atoms with Gasteiger partial charge in [0.15, 0.2) is 0 Å². The number of allylic oxidation sites excluding steroid dienone is 2. The average Bonchev–Trinajstić information content (AvgIpc) is 3.42. The topological polar surface area (TPSA) is 65.0 Å². The number of thiophene rings is 1. The molecule has 3 aromatic rings. The van der Waals surface area contributed by atoms with Crippen LogP contribution in [0.1, 0.15) is 49.8 Å². The Morgan fingerprint density at radius 1 is 1.06 bits per heavy atom. The van der Waals surface area contributed by atoms with E-state index in [4.69, 9.17) is 19.3 Å². The molecule has 1 N–H and O–H groups in total. The Labute approximate surface area is 211 Å². The van der Waals surface area contributed by atoms with Crippen LogP contribution in [0, 0.1) is 5.41 Å². The van der Waals surface area contributed by atoms with E-state index in [2.05, 4.69) is 37.4 Å². The largest absolute Gasteiger partial charge is 0.497 e. The summed E-state index contributed by atoms with van der Waals surface area (Å²) in [6.45, 7) is 5.04. The van der Waals surface area contributed by atoms with Gasteiger partial charge in [-0.1, -0.05) is 32.1 Å². The molecule has 184 valence electrons. The fourth-order valence-corrected chi connectivity index (χ4v) is 5.64. The zero-order valence-electron chi connectivity index (χ0n) is 20.7. The Morgan fingerprint density at radius 2 is 1.80 bits per heavy atom. The number of aliphatic carboxylic acids is 1. The van der Waals surface area contributed by atoms with Crippen molar-refractivity contribution in [2.45, 2.75) is 46.1 Å². The molecule has 0 saturated heterocycles. The molecule has 0 saturated carbocycles. The second-order valence-corrected chi connectivity index (χ2v) is 10.3. The van der Waals surface area contributed by atoms with E-state index in [0.717, 1.165) is 46.8 Å². The summed E-state index contributed by atoms with van der Waals surface area (Å²) in [7, 11) is 3.33. The van der Waals surface area contributed by atoms with E-state index < -0.39 is 5.97 Å². The highest BCUT2D eigenvalue weighted by atomic mass is 32.1. The molecule has 0 unspecified atom stereocenters. The lowest BCUT2D eigenvalue weighted by atomic mass is 9.80. The van der Waals surface area contributed by atoms with Gasteiger partial charge in [0, 0.05) is 28.5 Å². The molecule has 2 aromatic carbocycles. The fourth-order valence-electron chi connectivity index (χ4n) is 4.58. The molecule has 0 bridgehead atoms. The van der Waals surface area contributed by atoms with E-state index in [-0.39, 0.29) is 11.8 Å². The first kappa shape index (κ1) is 24.9. The van der Waals surface area contributed by atoms with Gasteiger partial charge in [-0.2, -0.15) is 0 Å². The van der Waals surface area contributed by atoms with Gasteiger partial charge in [-0.15, -0.1) is 11.3 Å². The molecule has 0 aliphatic heterocycles. The minimum absolute atomic E-state index is 0.0737. The highest BCUT2D eigenvalue weighted by Crippen LogP contribution is 2.50. The molecular weight excluding hydrogens is 460 g/mol.